The van der Waals surface area contributed by atoms with Crippen molar-refractivity contribution in [1.82, 2.24) is 15.1 Å². The quantitative estimate of drug-likeness (QED) is 0.865. The molecule has 0 atom stereocenters. The average molecular weight is 381 g/mol. The maximum atomic E-state index is 12.4. The Balaban J connectivity index is 1.20. The first kappa shape index (κ1) is 18.6. The van der Waals surface area contributed by atoms with Gasteiger partial charge in [0.05, 0.1) is 0 Å². The van der Waals surface area contributed by atoms with Crippen molar-refractivity contribution in [1.29, 1.82) is 0 Å². The van der Waals surface area contributed by atoms with Crippen LogP contribution >= 0.6 is 0 Å². The van der Waals surface area contributed by atoms with Gasteiger partial charge in [-0.1, -0.05) is 30.3 Å². The van der Waals surface area contributed by atoms with Crippen LogP contribution in [0.1, 0.15) is 16.7 Å². The van der Waals surface area contributed by atoms with E-state index in [9.17, 15) is 4.79 Å². The first-order chi connectivity index (χ1) is 13.7. The topological polar surface area (TPSA) is 54.0 Å². The number of nitrogens with zero attached hydrogens (tertiary/aromatic N) is 2. The lowest BCUT2D eigenvalue weighted by molar-refractivity contribution is 0.135. The fourth-order valence-corrected chi connectivity index (χ4v) is 3.71. The van der Waals surface area contributed by atoms with Gasteiger partial charge < -0.3 is 19.7 Å². The van der Waals surface area contributed by atoms with E-state index in [-0.39, 0.29) is 6.03 Å². The molecule has 1 saturated heterocycles. The van der Waals surface area contributed by atoms with Gasteiger partial charge in [0.25, 0.3) is 0 Å². The van der Waals surface area contributed by atoms with Crippen molar-refractivity contribution in [3.8, 4) is 11.5 Å². The molecular formula is C22H27N3O3. The summed E-state index contributed by atoms with van der Waals surface area (Å²) in [4.78, 5) is 16.7. The summed E-state index contributed by atoms with van der Waals surface area (Å²) in [6, 6.07) is 14.5. The molecule has 2 aliphatic rings. The zero-order valence-electron chi connectivity index (χ0n) is 16.3. The van der Waals surface area contributed by atoms with Crippen molar-refractivity contribution in [2.75, 3.05) is 39.5 Å². The summed E-state index contributed by atoms with van der Waals surface area (Å²) in [5.74, 6) is 1.64. The Labute approximate surface area is 166 Å². The second-order valence-corrected chi connectivity index (χ2v) is 7.36. The van der Waals surface area contributed by atoms with E-state index in [0.717, 1.165) is 50.6 Å². The highest BCUT2D eigenvalue weighted by molar-refractivity contribution is 5.74. The van der Waals surface area contributed by atoms with Gasteiger partial charge in [-0.25, -0.2) is 4.79 Å². The van der Waals surface area contributed by atoms with Gasteiger partial charge in [-0.3, -0.25) is 4.90 Å². The summed E-state index contributed by atoms with van der Waals surface area (Å²) in [7, 11) is 0. The van der Waals surface area contributed by atoms with Crippen LogP contribution in [0, 0.1) is 6.92 Å². The van der Waals surface area contributed by atoms with Crippen molar-refractivity contribution in [3.63, 3.8) is 0 Å². The van der Waals surface area contributed by atoms with Crippen LogP contribution in [-0.4, -0.2) is 55.3 Å². The van der Waals surface area contributed by atoms with Gasteiger partial charge in [-0.15, -0.1) is 0 Å². The number of fused-ring (bicyclic) bond motifs is 1. The Morgan fingerprint density at radius 1 is 1.04 bits per heavy atom. The van der Waals surface area contributed by atoms with Crippen molar-refractivity contribution < 1.29 is 14.3 Å². The second-order valence-electron chi connectivity index (χ2n) is 7.36. The smallest absolute Gasteiger partial charge is 0.317 e. The van der Waals surface area contributed by atoms with Crippen LogP contribution < -0.4 is 14.8 Å². The molecule has 0 bridgehead atoms. The van der Waals surface area contributed by atoms with E-state index < -0.39 is 0 Å². The lowest BCUT2D eigenvalue weighted by Gasteiger charge is -2.34. The molecule has 2 amide bonds. The molecule has 6 nitrogen and oxygen atoms in total. The van der Waals surface area contributed by atoms with Crippen LogP contribution in [0.5, 0.6) is 11.5 Å². The van der Waals surface area contributed by atoms with E-state index >= 15 is 0 Å². The van der Waals surface area contributed by atoms with E-state index in [0.29, 0.717) is 13.3 Å². The van der Waals surface area contributed by atoms with Crippen LogP contribution in [-0.2, 0) is 13.0 Å². The van der Waals surface area contributed by atoms with Crippen LogP contribution in [0.2, 0.25) is 0 Å². The van der Waals surface area contributed by atoms with Crippen LogP contribution in [0.15, 0.2) is 42.5 Å². The minimum Gasteiger partial charge on any atom is -0.454 e. The standard InChI is InChI=1S/C22H27N3O3/c1-17-4-2-3-5-19(17)8-9-23-22(26)25-12-10-24(11-13-25)15-18-6-7-20-21(14-18)28-16-27-20/h2-7,14H,8-13,15-16H2,1H3,(H,23,26). The molecule has 4 rings (SSSR count). The van der Waals surface area contributed by atoms with Gasteiger partial charge in [-0.05, 0) is 42.2 Å². The lowest BCUT2D eigenvalue weighted by Crippen LogP contribution is -2.51. The molecule has 148 valence electrons. The number of hydrogen-bond acceptors (Lipinski definition) is 4. The highest BCUT2D eigenvalue weighted by atomic mass is 16.7. The molecule has 6 heteroatoms. The van der Waals surface area contributed by atoms with Gasteiger partial charge >= 0.3 is 6.03 Å². The van der Waals surface area contributed by atoms with Gasteiger partial charge in [0.15, 0.2) is 11.5 Å². The third-order valence-corrected chi connectivity index (χ3v) is 5.43. The fourth-order valence-electron chi connectivity index (χ4n) is 3.71. The largest absolute Gasteiger partial charge is 0.454 e. The van der Waals surface area contributed by atoms with Crippen LogP contribution in [0.3, 0.4) is 0 Å². The van der Waals surface area contributed by atoms with Gasteiger partial charge in [0.2, 0.25) is 6.79 Å². The molecular weight excluding hydrogens is 354 g/mol. The minimum atomic E-state index is 0.0383. The molecule has 1 N–H and O–H groups in total. The molecule has 0 saturated carbocycles. The molecule has 2 heterocycles. The molecule has 2 aliphatic heterocycles. The summed E-state index contributed by atoms with van der Waals surface area (Å²) < 4.78 is 10.8. The maximum Gasteiger partial charge on any atom is 0.317 e. The number of carbonyl (C=O) groups is 1. The first-order valence-corrected chi connectivity index (χ1v) is 9.87. The molecule has 0 aliphatic carbocycles. The number of urea groups is 1. The molecule has 0 unspecified atom stereocenters. The Bertz CT molecular complexity index is 832. The third kappa shape index (κ3) is 4.39. The number of nitrogens with one attached hydrogen (secondary N) is 1. The zero-order valence-corrected chi connectivity index (χ0v) is 16.3. The highest BCUT2D eigenvalue weighted by Crippen LogP contribution is 2.32. The first-order valence-electron chi connectivity index (χ1n) is 9.87. The summed E-state index contributed by atoms with van der Waals surface area (Å²) in [5.41, 5.74) is 3.77. The summed E-state index contributed by atoms with van der Waals surface area (Å²) in [6.07, 6.45) is 0.864. The maximum absolute atomic E-state index is 12.4. The Morgan fingerprint density at radius 3 is 2.64 bits per heavy atom. The van der Waals surface area contributed by atoms with Gasteiger partial charge in [0.1, 0.15) is 0 Å². The number of amides is 2. The van der Waals surface area contributed by atoms with Crippen molar-refractivity contribution in [2.24, 2.45) is 0 Å². The number of benzene rings is 2. The number of carbonyl (C=O) groups excluding carboxylic acids is 1. The van der Waals surface area contributed by atoms with E-state index in [1.165, 1.54) is 16.7 Å². The van der Waals surface area contributed by atoms with Crippen LogP contribution in [0.25, 0.3) is 0 Å². The summed E-state index contributed by atoms with van der Waals surface area (Å²) in [6.45, 7) is 7.19. The summed E-state index contributed by atoms with van der Waals surface area (Å²) in [5, 5.41) is 3.06. The third-order valence-electron chi connectivity index (χ3n) is 5.43. The number of aryl methyl sites for hydroxylation is 1. The van der Waals surface area contributed by atoms with Crippen LogP contribution in [0.4, 0.5) is 4.79 Å². The Kier molecular flexibility index (Phi) is 5.67. The molecule has 28 heavy (non-hydrogen) atoms. The fraction of sp³-hybridized carbons (Fsp3) is 0.409. The number of rotatable bonds is 5. The van der Waals surface area contributed by atoms with Gasteiger partial charge in [-0.2, -0.15) is 0 Å². The monoisotopic (exact) mass is 381 g/mol. The number of piperazine rings is 1. The van der Waals surface area contributed by atoms with E-state index in [4.69, 9.17) is 9.47 Å². The second kappa shape index (κ2) is 8.52. The summed E-state index contributed by atoms with van der Waals surface area (Å²) >= 11 is 0. The normalized spacial score (nSPS) is 16.2. The van der Waals surface area contributed by atoms with Gasteiger partial charge in [0, 0.05) is 39.3 Å². The SMILES string of the molecule is Cc1ccccc1CCNC(=O)N1CCN(Cc2ccc3c(c2)OCO3)CC1. The minimum absolute atomic E-state index is 0.0383. The highest BCUT2D eigenvalue weighted by Gasteiger charge is 2.21. The molecule has 2 aromatic carbocycles. The van der Waals surface area contributed by atoms with E-state index in [1.54, 1.807) is 0 Å². The predicted octanol–water partition coefficient (Wildman–Crippen LogP) is 2.79. The van der Waals surface area contributed by atoms with E-state index in [2.05, 4.69) is 35.3 Å². The number of ether oxygens (including phenoxy) is 2. The molecule has 0 aromatic heterocycles. The van der Waals surface area contributed by atoms with Crippen molar-refractivity contribution in [3.05, 3.63) is 59.2 Å². The molecule has 0 radical (unpaired) electrons. The Morgan fingerprint density at radius 2 is 1.82 bits per heavy atom. The van der Waals surface area contributed by atoms with Crippen molar-refractivity contribution in [2.45, 2.75) is 19.9 Å². The molecule has 0 spiro atoms. The number of hydrogen-bond donors (Lipinski definition) is 1. The lowest BCUT2D eigenvalue weighted by atomic mass is 10.1. The average Bonchev–Trinajstić information content (AvgIpc) is 3.18. The molecule has 1 fully saturated rings. The van der Waals surface area contributed by atoms with E-state index in [1.807, 2.05) is 29.2 Å². The predicted molar refractivity (Wildman–Crippen MR) is 108 cm³/mol. The zero-order chi connectivity index (χ0) is 19.3. The Hall–Kier alpha value is -2.73. The molecule has 2 aromatic rings. The van der Waals surface area contributed by atoms with Crippen molar-refractivity contribution >= 4 is 6.03 Å².